The second-order valence-electron chi connectivity index (χ2n) is 6.19. The van der Waals surface area contributed by atoms with Gasteiger partial charge in [0.05, 0.1) is 12.2 Å². The zero-order chi connectivity index (χ0) is 18.8. The number of carbonyl (C=O) groups is 2. The number of halogens is 1. The molecule has 7 heteroatoms. The first-order valence-corrected chi connectivity index (χ1v) is 9.31. The van der Waals surface area contributed by atoms with Crippen molar-refractivity contribution < 1.29 is 14.0 Å². The molecule has 1 N–H and O–H groups in total. The predicted molar refractivity (Wildman–Crippen MR) is 101 cm³/mol. The minimum atomic E-state index is -0.389. The number of thiazole rings is 1. The summed E-state index contributed by atoms with van der Waals surface area (Å²) in [5.74, 6) is -0.732. The van der Waals surface area contributed by atoms with Crippen LogP contribution in [0.3, 0.4) is 0 Å². The molecule has 0 atom stereocenters. The molecule has 5 nitrogen and oxygen atoms in total. The number of carbonyl (C=O) groups excluding carboxylic acids is 2. The van der Waals surface area contributed by atoms with Crippen LogP contribution >= 0.6 is 11.3 Å². The van der Waals surface area contributed by atoms with Crippen LogP contribution in [0, 0.1) is 5.82 Å². The van der Waals surface area contributed by atoms with Gasteiger partial charge in [-0.25, -0.2) is 9.37 Å². The normalized spacial score (nSPS) is 13.1. The molecule has 27 heavy (non-hydrogen) atoms. The number of amides is 2. The highest BCUT2D eigenvalue weighted by Gasteiger charge is 2.25. The predicted octanol–water partition coefficient (Wildman–Crippen LogP) is 3.73. The Kier molecular flexibility index (Phi) is 4.68. The molecule has 0 radical (unpaired) electrons. The monoisotopic (exact) mass is 381 g/mol. The fourth-order valence-electron chi connectivity index (χ4n) is 2.96. The number of rotatable bonds is 3. The lowest BCUT2D eigenvalue weighted by molar-refractivity contribution is 0.0736. The van der Waals surface area contributed by atoms with Gasteiger partial charge in [0, 0.05) is 29.0 Å². The molecule has 0 unspecified atom stereocenters. The molecule has 2 aromatic carbocycles. The van der Waals surface area contributed by atoms with E-state index < -0.39 is 0 Å². The van der Waals surface area contributed by atoms with E-state index >= 15 is 0 Å². The lowest BCUT2D eigenvalue weighted by atomic mass is 10.1. The van der Waals surface area contributed by atoms with Crippen molar-refractivity contribution in [2.75, 3.05) is 11.9 Å². The van der Waals surface area contributed by atoms with Gasteiger partial charge in [-0.1, -0.05) is 29.5 Å². The van der Waals surface area contributed by atoms with E-state index in [1.807, 2.05) is 18.2 Å². The molecule has 2 heterocycles. The van der Waals surface area contributed by atoms with E-state index in [9.17, 15) is 14.0 Å². The van der Waals surface area contributed by atoms with Gasteiger partial charge in [0.15, 0.2) is 5.13 Å². The molecule has 0 saturated carbocycles. The van der Waals surface area contributed by atoms with Gasteiger partial charge in [0.2, 0.25) is 0 Å². The third-order valence-corrected chi connectivity index (χ3v) is 5.36. The second kappa shape index (κ2) is 7.28. The standard InChI is InChI=1S/C20H16FN3O2S/c21-15-8-6-13(7-9-15)18(25)23-20-22-16-10-11-24(12-17(16)27-20)19(26)14-4-2-1-3-5-14/h1-9H,10-12H2,(H,22,23,25). The fourth-order valence-corrected chi connectivity index (χ4v) is 3.98. The number of fused-ring (bicyclic) bond motifs is 1. The molecule has 4 rings (SSSR count). The topological polar surface area (TPSA) is 62.3 Å². The van der Waals surface area contributed by atoms with E-state index in [2.05, 4.69) is 10.3 Å². The van der Waals surface area contributed by atoms with Crippen LogP contribution in [0.25, 0.3) is 0 Å². The summed E-state index contributed by atoms with van der Waals surface area (Å²) >= 11 is 1.37. The smallest absolute Gasteiger partial charge is 0.257 e. The largest absolute Gasteiger partial charge is 0.333 e. The van der Waals surface area contributed by atoms with Crippen molar-refractivity contribution in [3.8, 4) is 0 Å². The highest BCUT2D eigenvalue weighted by Crippen LogP contribution is 2.29. The molecule has 0 aliphatic carbocycles. The average Bonchev–Trinajstić information content (AvgIpc) is 3.10. The quantitative estimate of drug-likeness (QED) is 0.752. The molecule has 1 aliphatic heterocycles. The Morgan fingerprint density at radius 3 is 2.52 bits per heavy atom. The van der Waals surface area contributed by atoms with Gasteiger partial charge in [0.1, 0.15) is 5.82 Å². The van der Waals surface area contributed by atoms with Crippen LogP contribution in [-0.4, -0.2) is 28.2 Å². The zero-order valence-corrected chi connectivity index (χ0v) is 15.1. The van der Waals surface area contributed by atoms with E-state index in [1.165, 1.54) is 35.6 Å². The number of benzene rings is 2. The molecule has 136 valence electrons. The third-order valence-electron chi connectivity index (χ3n) is 4.37. The van der Waals surface area contributed by atoms with E-state index in [4.69, 9.17) is 0 Å². The Balaban J connectivity index is 1.46. The molecule has 0 saturated heterocycles. The maximum atomic E-state index is 13.0. The summed E-state index contributed by atoms with van der Waals surface area (Å²) in [5.41, 5.74) is 1.94. The van der Waals surface area contributed by atoms with Crippen molar-refractivity contribution >= 4 is 28.3 Å². The summed E-state index contributed by atoms with van der Waals surface area (Å²) < 4.78 is 13.0. The van der Waals surface area contributed by atoms with Crippen LogP contribution in [0.2, 0.25) is 0 Å². The molecule has 1 aromatic heterocycles. The lowest BCUT2D eigenvalue weighted by Crippen LogP contribution is -2.35. The van der Waals surface area contributed by atoms with Crippen LogP contribution in [0.15, 0.2) is 54.6 Å². The Morgan fingerprint density at radius 2 is 1.78 bits per heavy atom. The number of anilines is 1. The average molecular weight is 381 g/mol. The van der Waals surface area contributed by atoms with E-state index in [-0.39, 0.29) is 17.6 Å². The first-order chi connectivity index (χ1) is 13.1. The minimum Gasteiger partial charge on any atom is -0.333 e. The van der Waals surface area contributed by atoms with Gasteiger partial charge >= 0.3 is 0 Å². The number of hydrogen-bond acceptors (Lipinski definition) is 4. The molecule has 3 aromatic rings. The van der Waals surface area contributed by atoms with Crippen LogP contribution < -0.4 is 5.32 Å². The zero-order valence-electron chi connectivity index (χ0n) is 14.3. The van der Waals surface area contributed by atoms with Crippen molar-refractivity contribution in [1.82, 2.24) is 9.88 Å². The van der Waals surface area contributed by atoms with Gasteiger partial charge < -0.3 is 4.90 Å². The lowest BCUT2D eigenvalue weighted by Gasteiger charge is -2.26. The third kappa shape index (κ3) is 3.73. The van der Waals surface area contributed by atoms with Gasteiger partial charge in [-0.3, -0.25) is 14.9 Å². The summed E-state index contributed by atoms with van der Waals surface area (Å²) in [5, 5.41) is 3.24. The SMILES string of the molecule is O=C(Nc1nc2c(s1)CN(C(=O)c1ccccc1)CC2)c1ccc(F)cc1. The van der Waals surface area contributed by atoms with Crippen molar-refractivity contribution in [1.29, 1.82) is 0 Å². The van der Waals surface area contributed by atoms with Crippen molar-refractivity contribution in [3.63, 3.8) is 0 Å². The van der Waals surface area contributed by atoms with Crippen molar-refractivity contribution in [2.45, 2.75) is 13.0 Å². The second-order valence-corrected chi connectivity index (χ2v) is 7.28. The Bertz CT molecular complexity index is 986. The Hall–Kier alpha value is -3.06. The Morgan fingerprint density at radius 1 is 1.04 bits per heavy atom. The molecule has 0 fully saturated rings. The number of nitrogens with one attached hydrogen (secondary N) is 1. The maximum absolute atomic E-state index is 13.0. The van der Waals surface area contributed by atoms with Gasteiger partial charge in [-0.2, -0.15) is 0 Å². The molecule has 0 bridgehead atoms. The number of nitrogens with zero attached hydrogens (tertiary/aromatic N) is 2. The fraction of sp³-hybridized carbons (Fsp3) is 0.150. The van der Waals surface area contributed by atoms with Gasteiger partial charge in [-0.05, 0) is 36.4 Å². The molecule has 2 amide bonds. The van der Waals surface area contributed by atoms with E-state index in [0.29, 0.717) is 35.8 Å². The Labute approximate surface area is 159 Å². The van der Waals surface area contributed by atoms with Crippen LogP contribution in [0.1, 0.15) is 31.3 Å². The molecule has 1 aliphatic rings. The number of hydrogen-bond donors (Lipinski definition) is 1. The van der Waals surface area contributed by atoms with Crippen molar-refractivity contribution in [3.05, 3.63) is 82.1 Å². The first kappa shape index (κ1) is 17.4. The summed E-state index contributed by atoms with van der Waals surface area (Å²) in [4.78, 5) is 32.1. The van der Waals surface area contributed by atoms with Crippen LogP contribution in [-0.2, 0) is 13.0 Å². The highest BCUT2D eigenvalue weighted by molar-refractivity contribution is 7.15. The van der Waals surface area contributed by atoms with Gasteiger partial charge in [-0.15, -0.1) is 0 Å². The summed E-state index contributed by atoms with van der Waals surface area (Å²) in [6.45, 7) is 1.07. The van der Waals surface area contributed by atoms with E-state index in [1.54, 1.807) is 17.0 Å². The maximum Gasteiger partial charge on any atom is 0.257 e. The van der Waals surface area contributed by atoms with Gasteiger partial charge in [0.25, 0.3) is 11.8 Å². The van der Waals surface area contributed by atoms with Crippen LogP contribution in [0.5, 0.6) is 0 Å². The molecule has 0 spiro atoms. The number of aromatic nitrogens is 1. The summed E-state index contributed by atoms with van der Waals surface area (Å²) in [6, 6.07) is 14.5. The first-order valence-electron chi connectivity index (χ1n) is 8.50. The molecular weight excluding hydrogens is 365 g/mol. The summed E-state index contributed by atoms with van der Waals surface area (Å²) in [7, 11) is 0. The van der Waals surface area contributed by atoms with Crippen LogP contribution in [0.4, 0.5) is 9.52 Å². The summed E-state index contributed by atoms with van der Waals surface area (Å²) in [6.07, 6.45) is 0.650. The minimum absolute atomic E-state index is 0.00783. The molecular formula is C20H16FN3O2S. The van der Waals surface area contributed by atoms with Crippen molar-refractivity contribution in [2.24, 2.45) is 0 Å². The highest BCUT2D eigenvalue weighted by atomic mass is 32.1. The van der Waals surface area contributed by atoms with E-state index in [0.717, 1.165) is 10.6 Å².